The average molecular weight is 278 g/mol. The van der Waals surface area contributed by atoms with Gasteiger partial charge in [0.25, 0.3) is 0 Å². The predicted octanol–water partition coefficient (Wildman–Crippen LogP) is 1.34. The van der Waals surface area contributed by atoms with Crippen LogP contribution in [0.4, 0.5) is 5.13 Å². The van der Waals surface area contributed by atoms with Gasteiger partial charge in [-0.3, -0.25) is 0 Å². The van der Waals surface area contributed by atoms with Gasteiger partial charge in [0.15, 0.2) is 11.0 Å². The molecule has 3 heterocycles. The van der Waals surface area contributed by atoms with Crippen molar-refractivity contribution in [1.29, 1.82) is 0 Å². The summed E-state index contributed by atoms with van der Waals surface area (Å²) in [5.74, 6) is 1.42. The molecule has 0 bridgehead atoms. The highest BCUT2D eigenvalue weighted by Crippen LogP contribution is 2.31. The largest absolute Gasteiger partial charge is 0.339 e. The zero-order valence-electron chi connectivity index (χ0n) is 11.2. The second-order valence-corrected chi connectivity index (χ2v) is 6.09. The highest BCUT2D eigenvalue weighted by molar-refractivity contribution is 7.15. The Morgan fingerprint density at radius 3 is 2.95 bits per heavy atom. The van der Waals surface area contributed by atoms with Crippen molar-refractivity contribution in [2.45, 2.75) is 39.4 Å². The van der Waals surface area contributed by atoms with Gasteiger partial charge in [-0.15, -0.1) is 21.5 Å². The number of fused-ring (bicyclic) bond motifs is 1. The van der Waals surface area contributed by atoms with E-state index in [0.717, 1.165) is 36.3 Å². The fraction of sp³-hybridized carbons (Fsp3) is 0.583. The van der Waals surface area contributed by atoms with Crippen LogP contribution in [0.25, 0.3) is 0 Å². The first-order valence-electron chi connectivity index (χ1n) is 6.50. The lowest BCUT2D eigenvalue weighted by molar-refractivity contribution is 0.558. The van der Waals surface area contributed by atoms with Crippen LogP contribution in [0.2, 0.25) is 0 Å². The van der Waals surface area contributed by atoms with Gasteiger partial charge in [0.1, 0.15) is 6.33 Å². The number of hydrogen-bond acceptors (Lipinski definition) is 6. The maximum Gasteiger partial charge on any atom is 0.186 e. The Morgan fingerprint density at radius 2 is 2.26 bits per heavy atom. The second-order valence-electron chi connectivity index (χ2n) is 5.03. The molecule has 2 aromatic rings. The minimum Gasteiger partial charge on any atom is -0.339 e. The van der Waals surface area contributed by atoms with E-state index in [1.54, 1.807) is 17.7 Å². The van der Waals surface area contributed by atoms with Gasteiger partial charge in [-0.1, -0.05) is 13.8 Å². The summed E-state index contributed by atoms with van der Waals surface area (Å²) in [7, 11) is 0. The molecular weight excluding hydrogens is 260 g/mol. The Kier molecular flexibility index (Phi) is 3.24. The molecule has 6 nitrogen and oxygen atoms in total. The molecule has 1 aliphatic heterocycles. The fourth-order valence-electron chi connectivity index (χ4n) is 2.31. The van der Waals surface area contributed by atoms with E-state index in [4.69, 9.17) is 10.7 Å². The second kappa shape index (κ2) is 4.90. The first-order chi connectivity index (χ1) is 9.19. The molecule has 0 saturated heterocycles. The fourth-order valence-corrected chi connectivity index (χ4v) is 3.43. The van der Waals surface area contributed by atoms with Crippen LogP contribution >= 0.6 is 11.3 Å². The molecule has 0 unspecified atom stereocenters. The predicted molar refractivity (Wildman–Crippen MR) is 75.2 cm³/mol. The SMILES string of the molecule is CC(C)c1nc(N2CCn3cnnc3C2)sc1CN. The van der Waals surface area contributed by atoms with Crippen LogP contribution in [0.1, 0.15) is 36.2 Å². The molecule has 0 atom stereocenters. The topological polar surface area (TPSA) is 72.9 Å². The van der Waals surface area contributed by atoms with Crippen molar-refractivity contribution < 1.29 is 0 Å². The van der Waals surface area contributed by atoms with E-state index in [-0.39, 0.29) is 0 Å². The van der Waals surface area contributed by atoms with Crippen molar-refractivity contribution in [2.75, 3.05) is 11.4 Å². The molecule has 102 valence electrons. The number of hydrogen-bond donors (Lipinski definition) is 1. The summed E-state index contributed by atoms with van der Waals surface area (Å²) >= 11 is 1.70. The number of anilines is 1. The van der Waals surface area contributed by atoms with Crippen molar-refractivity contribution in [2.24, 2.45) is 5.73 Å². The zero-order chi connectivity index (χ0) is 13.4. The number of rotatable bonds is 3. The maximum absolute atomic E-state index is 5.82. The summed E-state index contributed by atoms with van der Waals surface area (Å²) in [6, 6.07) is 0. The van der Waals surface area contributed by atoms with Crippen molar-refractivity contribution in [1.82, 2.24) is 19.7 Å². The van der Waals surface area contributed by atoms with Crippen LogP contribution in [0.15, 0.2) is 6.33 Å². The number of thiazole rings is 1. The third-order valence-corrected chi connectivity index (χ3v) is 4.51. The number of aromatic nitrogens is 4. The van der Waals surface area contributed by atoms with Gasteiger partial charge < -0.3 is 15.2 Å². The molecule has 0 aliphatic carbocycles. The van der Waals surface area contributed by atoms with E-state index in [2.05, 4.69) is 33.5 Å². The summed E-state index contributed by atoms with van der Waals surface area (Å²) in [5.41, 5.74) is 6.95. The van der Waals surface area contributed by atoms with E-state index < -0.39 is 0 Å². The molecule has 19 heavy (non-hydrogen) atoms. The highest BCUT2D eigenvalue weighted by atomic mass is 32.1. The summed E-state index contributed by atoms with van der Waals surface area (Å²) in [4.78, 5) is 8.22. The molecule has 0 spiro atoms. The molecular formula is C12H18N6S. The smallest absolute Gasteiger partial charge is 0.186 e. The molecule has 0 fully saturated rings. The molecule has 0 amide bonds. The number of nitrogens with zero attached hydrogens (tertiary/aromatic N) is 5. The van der Waals surface area contributed by atoms with Crippen molar-refractivity contribution in [3.63, 3.8) is 0 Å². The van der Waals surface area contributed by atoms with Crippen molar-refractivity contribution in [3.8, 4) is 0 Å². The summed E-state index contributed by atoms with van der Waals surface area (Å²) in [6.45, 7) is 7.51. The van der Waals surface area contributed by atoms with Crippen LogP contribution in [0, 0.1) is 0 Å². The minimum absolute atomic E-state index is 0.414. The van der Waals surface area contributed by atoms with E-state index in [1.165, 1.54) is 4.88 Å². The van der Waals surface area contributed by atoms with E-state index in [1.807, 2.05) is 0 Å². The monoisotopic (exact) mass is 278 g/mol. The molecule has 2 N–H and O–H groups in total. The molecule has 0 aromatic carbocycles. The zero-order valence-corrected chi connectivity index (χ0v) is 12.0. The van der Waals surface area contributed by atoms with Gasteiger partial charge in [0, 0.05) is 24.5 Å². The Balaban J connectivity index is 1.87. The molecule has 7 heteroatoms. The van der Waals surface area contributed by atoms with E-state index >= 15 is 0 Å². The minimum atomic E-state index is 0.414. The van der Waals surface area contributed by atoms with Gasteiger partial charge >= 0.3 is 0 Å². The molecule has 1 aliphatic rings. The number of nitrogens with two attached hydrogens (primary N) is 1. The average Bonchev–Trinajstić information content (AvgIpc) is 3.04. The quantitative estimate of drug-likeness (QED) is 0.917. The molecule has 0 saturated carbocycles. The van der Waals surface area contributed by atoms with Gasteiger partial charge in [-0.05, 0) is 5.92 Å². The summed E-state index contributed by atoms with van der Waals surface area (Å²) < 4.78 is 2.09. The maximum atomic E-state index is 5.82. The Hall–Kier alpha value is -1.47. The van der Waals surface area contributed by atoms with Crippen LogP contribution < -0.4 is 10.6 Å². The van der Waals surface area contributed by atoms with Gasteiger partial charge in [-0.2, -0.15) is 0 Å². The van der Waals surface area contributed by atoms with E-state index in [0.29, 0.717) is 12.5 Å². The summed E-state index contributed by atoms with van der Waals surface area (Å²) in [5, 5.41) is 9.14. The Morgan fingerprint density at radius 1 is 1.42 bits per heavy atom. The Labute approximate surface area is 116 Å². The lowest BCUT2D eigenvalue weighted by atomic mass is 10.1. The lowest BCUT2D eigenvalue weighted by Crippen LogP contribution is -2.33. The van der Waals surface area contributed by atoms with Crippen LogP contribution in [0.3, 0.4) is 0 Å². The standard InChI is InChI=1S/C12H18N6S/c1-8(2)11-9(5-13)19-12(15-11)17-3-4-18-7-14-16-10(18)6-17/h7-8H,3-6,13H2,1-2H3. The highest BCUT2D eigenvalue weighted by Gasteiger charge is 2.22. The lowest BCUT2D eigenvalue weighted by Gasteiger charge is -2.26. The summed E-state index contributed by atoms with van der Waals surface area (Å²) in [6.07, 6.45) is 1.79. The molecule has 0 radical (unpaired) electrons. The molecule has 2 aromatic heterocycles. The first kappa shape index (κ1) is 12.6. The van der Waals surface area contributed by atoms with Crippen LogP contribution in [0.5, 0.6) is 0 Å². The third-order valence-electron chi connectivity index (χ3n) is 3.36. The van der Waals surface area contributed by atoms with E-state index in [9.17, 15) is 0 Å². The van der Waals surface area contributed by atoms with Gasteiger partial charge in [0.05, 0.1) is 12.2 Å². The van der Waals surface area contributed by atoms with Gasteiger partial charge in [-0.25, -0.2) is 4.98 Å². The normalized spacial score (nSPS) is 15.1. The van der Waals surface area contributed by atoms with Crippen molar-refractivity contribution >= 4 is 16.5 Å². The first-order valence-corrected chi connectivity index (χ1v) is 7.32. The third kappa shape index (κ3) is 2.23. The van der Waals surface area contributed by atoms with Crippen molar-refractivity contribution in [3.05, 3.63) is 22.7 Å². The van der Waals surface area contributed by atoms with Gasteiger partial charge in [0.2, 0.25) is 0 Å². The molecule has 3 rings (SSSR count). The van der Waals surface area contributed by atoms with Crippen LogP contribution in [-0.4, -0.2) is 26.3 Å². The van der Waals surface area contributed by atoms with Crippen LogP contribution in [-0.2, 0) is 19.6 Å². The Bertz CT molecular complexity index is 573.